The molecule has 1 N–H and O–H groups in total. The first-order valence-corrected chi connectivity index (χ1v) is 10.1. The molecule has 2 aromatic heterocycles. The Morgan fingerprint density at radius 2 is 1.83 bits per heavy atom. The summed E-state index contributed by atoms with van der Waals surface area (Å²) < 4.78 is 61.2. The third-order valence-electron chi connectivity index (χ3n) is 3.44. The number of nitrogens with one attached hydrogen (secondary N) is 1. The zero-order valence-corrected chi connectivity index (χ0v) is 15.4. The molecule has 0 bridgehead atoms. The van der Waals surface area contributed by atoms with Crippen molar-refractivity contribution in [3.8, 4) is 11.5 Å². The predicted octanol–water partition coefficient (Wildman–Crippen LogP) is 0.721. The van der Waals surface area contributed by atoms with Crippen LogP contribution in [0.1, 0.15) is 11.3 Å². The molecule has 11 heteroatoms. The Hall–Kier alpha value is -1.69. The minimum atomic E-state index is -3.96. The highest BCUT2D eigenvalue weighted by atomic mass is 32.2. The fraction of sp³-hybridized carbons (Fsp3) is 0.462. The van der Waals surface area contributed by atoms with Gasteiger partial charge in [0.15, 0.2) is 5.76 Å². The summed E-state index contributed by atoms with van der Waals surface area (Å²) in [5.41, 5.74) is 1.43. The molecule has 2 heterocycles. The molecule has 134 valence electrons. The normalized spacial score (nSPS) is 12.9. The van der Waals surface area contributed by atoms with Crippen molar-refractivity contribution >= 4 is 20.0 Å². The minimum absolute atomic E-state index is 0.231. The summed E-state index contributed by atoms with van der Waals surface area (Å²) in [6.45, 7) is 3.28. The maximum absolute atomic E-state index is 12.2. The lowest BCUT2D eigenvalue weighted by atomic mass is 10.2. The van der Waals surface area contributed by atoms with Gasteiger partial charge in [-0.3, -0.25) is 0 Å². The monoisotopic (exact) mass is 377 g/mol. The van der Waals surface area contributed by atoms with Crippen molar-refractivity contribution in [3.05, 3.63) is 23.4 Å². The summed E-state index contributed by atoms with van der Waals surface area (Å²) in [4.78, 5) is 0. The van der Waals surface area contributed by atoms with E-state index in [0.29, 0.717) is 11.5 Å². The molecule has 0 aliphatic heterocycles. The van der Waals surface area contributed by atoms with Crippen LogP contribution >= 0.6 is 0 Å². The van der Waals surface area contributed by atoms with Crippen molar-refractivity contribution in [2.24, 2.45) is 0 Å². The van der Waals surface area contributed by atoms with Crippen molar-refractivity contribution < 1.29 is 25.8 Å². The molecule has 2 aromatic rings. The number of hydrogen-bond donors (Lipinski definition) is 1. The second kappa shape index (κ2) is 6.67. The van der Waals surface area contributed by atoms with E-state index in [0.717, 1.165) is 9.87 Å². The van der Waals surface area contributed by atoms with Crippen LogP contribution in [-0.4, -0.2) is 52.7 Å². The molecule has 9 nitrogen and oxygen atoms in total. The van der Waals surface area contributed by atoms with Crippen LogP contribution in [-0.2, 0) is 20.0 Å². The summed E-state index contributed by atoms with van der Waals surface area (Å²) in [6, 6.07) is 2.73. The summed E-state index contributed by atoms with van der Waals surface area (Å²) >= 11 is 0. The minimum Gasteiger partial charge on any atom is -0.440 e. The van der Waals surface area contributed by atoms with Crippen molar-refractivity contribution in [3.63, 3.8) is 0 Å². The van der Waals surface area contributed by atoms with Gasteiger partial charge in [0.1, 0.15) is 0 Å². The maximum Gasteiger partial charge on any atom is 0.274 e. The van der Waals surface area contributed by atoms with E-state index in [4.69, 9.17) is 8.94 Å². The largest absolute Gasteiger partial charge is 0.440 e. The zero-order valence-electron chi connectivity index (χ0n) is 13.7. The molecule has 0 saturated heterocycles. The summed E-state index contributed by atoms with van der Waals surface area (Å²) in [6.07, 6.45) is 0. The number of nitrogens with zero attached hydrogens (tertiary/aromatic N) is 2. The van der Waals surface area contributed by atoms with E-state index < -0.39 is 20.0 Å². The van der Waals surface area contributed by atoms with Gasteiger partial charge in [0.25, 0.3) is 10.0 Å². The molecule has 0 unspecified atom stereocenters. The lowest BCUT2D eigenvalue weighted by Gasteiger charge is -2.11. The summed E-state index contributed by atoms with van der Waals surface area (Å²) in [5, 5.41) is 3.46. The van der Waals surface area contributed by atoms with Crippen LogP contribution in [0.3, 0.4) is 0 Å². The van der Waals surface area contributed by atoms with E-state index in [-0.39, 0.29) is 23.2 Å². The third-order valence-corrected chi connectivity index (χ3v) is 6.60. The van der Waals surface area contributed by atoms with Gasteiger partial charge >= 0.3 is 0 Å². The smallest absolute Gasteiger partial charge is 0.274 e. The molecule has 0 aliphatic rings. The van der Waals surface area contributed by atoms with Gasteiger partial charge in [0, 0.05) is 26.2 Å². The fourth-order valence-corrected chi connectivity index (χ4v) is 3.60. The van der Waals surface area contributed by atoms with Crippen LogP contribution in [0.5, 0.6) is 0 Å². The van der Waals surface area contributed by atoms with Crippen molar-refractivity contribution in [1.29, 1.82) is 0 Å². The van der Waals surface area contributed by atoms with E-state index in [9.17, 15) is 16.8 Å². The molecule has 24 heavy (non-hydrogen) atoms. The van der Waals surface area contributed by atoms with E-state index in [1.165, 1.54) is 26.2 Å². The first-order chi connectivity index (χ1) is 11.0. The number of furan rings is 1. The lowest BCUT2D eigenvalue weighted by Crippen LogP contribution is -2.33. The van der Waals surface area contributed by atoms with Crippen LogP contribution in [0.15, 0.2) is 26.2 Å². The van der Waals surface area contributed by atoms with E-state index in [2.05, 4.69) is 9.88 Å². The molecule has 0 spiro atoms. The molecule has 2 rings (SSSR count). The number of sulfonamides is 2. The van der Waals surface area contributed by atoms with Crippen molar-refractivity contribution in [2.75, 3.05) is 26.4 Å². The second-order valence-electron chi connectivity index (χ2n) is 5.34. The standard InChI is InChI=1S/C13H19N3O6S2/c1-9-10(2)15-22-13(9)11-5-6-12(21-11)24(19,20)14-7-8-23(17,18)16(3)4/h5-6,14H,7-8H2,1-4H3. The van der Waals surface area contributed by atoms with Gasteiger partial charge in [0.05, 0.1) is 11.4 Å². The molecule has 0 amide bonds. The molecule has 0 saturated carbocycles. The van der Waals surface area contributed by atoms with Gasteiger partial charge in [-0.05, 0) is 26.0 Å². The van der Waals surface area contributed by atoms with Crippen LogP contribution in [0, 0.1) is 13.8 Å². The highest BCUT2D eigenvalue weighted by Crippen LogP contribution is 2.28. The highest BCUT2D eigenvalue weighted by molar-refractivity contribution is 7.90. The van der Waals surface area contributed by atoms with Gasteiger partial charge in [-0.1, -0.05) is 5.16 Å². The van der Waals surface area contributed by atoms with Crippen LogP contribution in [0.4, 0.5) is 0 Å². The van der Waals surface area contributed by atoms with Gasteiger partial charge < -0.3 is 8.94 Å². The highest BCUT2D eigenvalue weighted by Gasteiger charge is 2.23. The van der Waals surface area contributed by atoms with Crippen LogP contribution in [0.25, 0.3) is 11.5 Å². The topological polar surface area (TPSA) is 123 Å². The zero-order chi connectivity index (χ0) is 18.1. The Labute approximate surface area is 140 Å². The van der Waals surface area contributed by atoms with E-state index >= 15 is 0 Å². The first kappa shape index (κ1) is 18.6. The van der Waals surface area contributed by atoms with Gasteiger partial charge in [-0.15, -0.1) is 0 Å². The Morgan fingerprint density at radius 3 is 2.38 bits per heavy atom. The summed E-state index contributed by atoms with van der Waals surface area (Å²) in [7, 11) is -4.70. The predicted molar refractivity (Wildman–Crippen MR) is 86.3 cm³/mol. The molecule has 0 fully saturated rings. The van der Waals surface area contributed by atoms with Gasteiger partial charge in [-0.25, -0.2) is 25.9 Å². The third kappa shape index (κ3) is 3.86. The fourth-order valence-electron chi connectivity index (χ4n) is 1.79. The summed E-state index contributed by atoms with van der Waals surface area (Å²) in [5.74, 6) is 0.228. The Bertz CT molecular complexity index is 925. The Kier molecular flexibility index (Phi) is 5.18. The number of aromatic nitrogens is 1. The average Bonchev–Trinajstić information content (AvgIpc) is 3.07. The molecule has 0 radical (unpaired) electrons. The van der Waals surface area contributed by atoms with Crippen LogP contribution in [0.2, 0.25) is 0 Å². The lowest BCUT2D eigenvalue weighted by molar-refractivity contribution is 0.397. The van der Waals surface area contributed by atoms with Crippen molar-refractivity contribution in [2.45, 2.75) is 18.9 Å². The number of hydrogen-bond acceptors (Lipinski definition) is 7. The van der Waals surface area contributed by atoms with Crippen molar-refractivity contribution in [1.82, 2.24) is 14.2 Å². The Balaban J connectivity index is 2.12. The molecular formula is C13H19N3O6S2. The van der Waals surface area contributed by atoms with E-state index in [1.54, 1.807) is 13.8 Å². The molecular weight excluding hydrogens is 358 g/mol. The van der Waals surface area contributed by atoms with Crippen LogP contribution < -0.4 is 4.72 Å². The van der Waals surface area contributed by atoms with Gasteiger partial charge in [-0.2, -0.15) is 0 Å². The SMILES string of the molecule is Cc1noc(-c2ccc(S(=O)(=O)NCCS(=O)(=O)N(C)C)o2)c1C. The number of aryl methyl sites for hydroxylation is 1. The van der Waals surface area contributed by atoms with E-state index in [1.807, 2.05) is 0 Å². The quantitative estimate of drug-likeness (QED) is 0.754. The average molecular weight is 377 g/mol. The first-order valence-electron chi connectivity index (χ1n) is 6.97. The second-order valence-corrected chi connectivity index (χ2v) is 9.34. The molecule has 0 atom stereocenters. The number of rotatable bonds is 7. The molecule has 0 aliphatic carbocycles. The maximum atomic E-state index is 12.2. The van der Waals surface area contributed by atoms with Gasteiger partial charge in [0.2, 0.25) is 20.9 Å². The Morgan fingerprint density at radius 1 is 1.17 bits per heavy atom. The molecule has 0 aromatic carbocycles.